The second-order valence-corrected chi connectivity index (χ2v) is 2.93. The Kier molecular flexibility index (Phi) is 4.56. The highest BCUT2D eigenvalue weighted by atomic mass is 16.6. The number of anilines is 1. The minimum atomic E-state index is -0.413. The maximum Gasteiger partial charge on any atom is 0.269 e. The molecule has 1 N–H and O–H groups in total. The Hall–Kier alpha value is -1.62. The van der Waals surface area contributed by atoms with Gasteiger partial charge in [-0.05, 0) is 19.1 Å². The Morgan fingerprint density at radius 1 is 1.40 bits per heavy atom. The van der Waals surface area contributed by atoms with E-state index >= 15 is 0 Å². The van der Waals surface area contributed by atoms with Gasteiger partial charge in [-0.15, -0.1) is 0 Å². The Balaban J connectivity index is 2.39. The molecule has 0 aromatic heterocycles. The van der Waals surface area contributed by atoms with E-state index in [0.29, 0.717) is 19.8 Å². The minimum absolute atomic E-state index is 0.102. The Morgan fingerprint density at radius 3 is 2.60 bits per heavy atom. The van der Waals surface area contributed by atoms with Crippen molar-refractivity contribution in [3.05, 3.63) is 34.4 Å². The molecule has 0 aliphatic heterocycles. The van der Waals surface area contributed by atoms with Crippen LogP contribution in [0, 0.1) is 10.1 Å². The second kappa shape index (κ2) is 5.98. The van der Waals surface area contributed by atoms with Crippen molar-refractivity contribution in [3.8, 4) is 0 Å². The van der Waals surface area contributed by atoms with Crippen molar-refractivity contribution in [3.63, 3.8) is 0 Å². The van der Waals surface area contributed by atoms with E-state index in [9.17, 15) is 10.1 Å². The third-order valence-electron chi connectivity index (χ3n) is 1.86. The molecule has 5 nitrogen and oxygen atoms in total. The smallest absolute Gasteiger partial charge is 0.269 e. The summed E-state index contributed by atoms with van der Waals surface area (Å²) in [6.45, 7) is 3.97. The molecular weight excluding hydrogens is 196 g/mol. The molecule has 0 saturated heterocycles. The Labute approximate surface area is 88.2 Å². The second-order valence-electron chi connectivity index (χ2n) is 2.93. The minimum Gasteiger partial charge on any atom is -0.383 e. The largest absolute Gasteiger partial charge is 0.383 e. The molecule has 15 heavy (non-hydrogen) atoms. The average Bonchev–Trinajstić information content (AvgIpc) is 2.25. The first kappa shape index (κ1) is 11.5. The van der Waals surface area contributed by atoms with Gasteiger partial charge in [-0.1, -0.05) is 0 Å². The summed E-state index contributed by atoms with van der Waals surface area (Å²) in [6.07, 6.45) is 0. The summed E-state index contributed by atoms with van der Waals surface area (Å²) in [5.74, 6) is 0. The molecule has 0 heterocycles. The van der Waals surface area contributed by atoms with Crippen LogP contribution in [0.5, 0.6) is 0 Å². The van der Waals surface area contributed by atoms with E-state index in [1.165, 1.54) is 12.1 Å². The quantitative estimate of drug-likeness (QED) is 0.443. The number of benzene rings is 1. The van der Waals surface area contributed by atoms with Gasteiger partial charge in [0.25, 0.3) is 5.69 Å². The van der Waals surface area contributed by atoms with Gasteiger partial charge in [-0.3, -0.25) is 10.1 Å². The summed E-state index contributed by atoms with van der Waals surface area (Å²) >= 11 is 0. The molecule has 0 bridgehead atoms. The molecule has 0 unspecified atom stereocenters. The molecule has 0 radical (unpaired) electrons. The maximum atomic E-state index is 10.4. The van der Waals surface area contributed by atoms with Crippen LogP contribution >= 0.6 is 0 Å². The number of nitro groups is 1. The maximum absolute atomic E-state index is 10.4. The van der Waals surface area contributed by atoms with Crippen LogP contribution in [0.15, 0.2) is 24.3 Å². The fourth-order valence-corrected chi connectivity index (χ4v) is 1.11. The molecule has 0 atom stereocenters. The molecule has 82 valence electrons. The number of non-ortho nitro benzene ring substituents is 1. The lowest BCUT2D eigenvalue weighted by molar-refractivity contribution is -0.384. The predicted molar refractivity (Wildman–Crippen MR) is 58.1 cm³/mol. The van der Waals surface area contributed by atoms with Crippen LogP contribution in [0.1, 0.15) is 6.92 Å². The monoisotopic (exact) mass is 210 g/mol. The van der Waals surface area contributed by atoms with Crippen LogP contribution in [0.3, 0.4) is 0 Å². The van der Waals surface area contributed by atoms with Gasteiger partial charge in [0.15, 0.2) is 0 Å². The third kappa shape index (κ3) is 3.95. The Morgan fingerprint density at radius 2 is 2.07 bits per heavy atom. The van der Waals surface area contributed by atoms with Crippen molar-refractivity contribution in [2.75, 3.05) is 25.1 Å². The lowest BCUT2D eigenvalue weighted by atomic mass is 10.3. The number of hydrogen-bond donors (Lipinski definition) is 1. The van der Waals surface area contributed by atoms with Gasteiger partial charge in [0.1, 0.15) is 0 Å². The number of nitro benzene ring substituents is 1. The number of rotatable bonds is 6. The van der Waals surface area contributed by atoms with Crippen molar-refractivity contribution in [1.82, 2.24) is 0 Å². The highest BCUT2D eigenvalue weighted by Crippen LogP contribution is 2.14. The SMILES string of the molecule is CCOCCNc1ccc([N+](=O)[O-])cc1. The van der Waals surface area contributed by atoms with Crippen LogP contribution in [0.2, 0.25) is 0 Å². The van der Waals surface area contributed by atoms with Gasteiger partial charge < -0.3 is 10.1 Å². The van der Waals surface area contributed by atoms with Gasteiger partial charge in [0, 0.05) is 31.0 Å². The first-order chi connectivity index (χ1) is 7.24. The fourth-order valence-electron chi connectivity index (χ4n) is 1.11. The van der Waals surface area contributed by atoms with Crippen LogP contribution in [-0.4, -0.2) is 24.7 Å². The van der Waals surface area contributed by atoms with Crippen LogP contribution in [0.25, 0.3) is 0 Å². The van der Waals surface area contributed by atoms with Gasteiger partial charge in [-0.25, -0.2) is 0 Å². The first-order valence-corrected chi connectivity index (χ1v) is 4.80. The molecule has 1 rings (SSSR count). The van der Waals surface area contributed by atoms with E-state index in [1.54, 1.807) is 12.1 Å². The Bertz CT molecular complexity index is 311. The number of nitrogens with zero attached hydrogens (tertiary/aromatic N) is 1. The summed E-state index contributed by atoms with van der Waals surface area (Å²) in [5, 5.41) is 13.5. The zero-order valence-corrected chi connectivity index (χ0v) is 8.60. The van der Waals surface area contributed by atoms with Gasteiger partial charge >= 0.3 is 0 Å². The summed E-state index contributed by atoms with van der Waals surface area (Å²) in [4.78, 5) is 9.96. The lowest BCUT2D eigenvalue weighted by Crippen LogP contribution is -2.08. The molecule has 0 spiro atoms. The zero-order valence-electron chi connectivity index (χ0n) is 8.60. The molecule has 5 heteroatoms. The average molecular weight is 210 g/mol. The van der Waals surface area contributed by atoms with Crippen LogP contribution in [-0.2, 0) is 4.74 Å². The van der Waals surface area contributed by atoms with E-state index in [1.807, 2.05) is 6.92 Å². The summed E-state index contributed by atoms with van der Waals surface area (Å²) < 4.78 is 5.15. The fraction of sp³-hybridized carbons (Fsp3) is 0.400. The van der Waals surface area contributed by atoms with Crippen molar-refractivity contribution in [2.24, 2.45) is 0 Å². The molecule has 0 saturated carbocycles. The highest BCUT2D eigenvalue weighted by Gasteiger charge is 2.02. The molecule has 0 fully saturated rings. The topological polar surface area (TPSA) is 64.4 Å². The number of hydrogen-bond acceptors (Lipinski definition) is 4. The van der Waals surface area contributed by atoms with E-state index in [-0.39, 0.29) is 5.69 Å². The molecule has 1 aromatic rings. The van der Waals surface area contributed by atoms with Crippen molar-refractivity contribution >= 4 is 11.4 Å². The van der Waals surface area contributed by atoms with Crippen molar-refractivity contribution < 1.29 is 9.66 Å². The van der Waals surface area contributed by atoms with E-state index in [0.717, 1.165) is 5.69 Å². The standard InChI is InChI=1S/C10H14N2O3/c1-2-15-8-7-11-9-3-5-10(6-4-9)12(13)14/h3-6,11H,2,7-8H2,1H3. The van der Waals surface area contributed by atoms with Crippen molar-refractivity contribution in [1.29, 1.82) is 0 Å². The lowest BCUT2D eigenvalue weighted by Gasteiger charge is -2.05. The number of ether oxygens (including phenoxy) is 1. The number of nitrogens with one attached hydrogen (secondary N) is 1. The van der Waals surface area contributed by atoms with Crippen LogP contribution in [0.4, 0.5) is 11.4 Å². The van der Waals surface area contributed by atoms with E-state index in [2.05, 4.69) is 5.32 Å². The molecule has 0 aliphatic carbocycles. The zero-order chi connectivity index (χ0) is 11.1. The molecule has 0 amide bonds. The highest BCUT2D eigenvalue weighted by molar-refractivity contribution is 5.48. The summed E-state index contributed by atoms with van der Waals surface area (Å²) in [7, 11) is 0. The summed E-state index contributed by atoms with van der Waals surface area (Å²) in [5.41, 5.74) is 0.964. The molecular formula is C10H14N2O3. The first-order valence-electron chi connectivity index (χ1n) is 4.80. The normalized spacial score (nSPS) is 9.93. The third-order valence-corrected chi connectivity index (χ3v) is 1.86. The van der Waals surface area contributed by atoms with E-state index in [4.69, 9.17) is 4.74 Å². The molecule has 1 aromatic carbocycles. The van der Waals surface area contributed by atoms with E-state index < -0.39 is 4.92 Å². The van der Waals surface area contributed by atoms with Gasteiger partial charge in [-0.2, -0.15) is 0 Å². The van der Waals surface area contributed by atoms with Crippen LogP contribution < -0.4 is 5.32 Å². The van der Waals surface area contributed by atoms with Gasteiger partial charge in [0.05, 0.1) is 11.5 Å². The predicted octanol–water partition coefficient (Wildman–Crippen LogP) is 2.04. The molecule has 0 aliphatic rings. The summed E-state index contributed by atoms with van der Waals surface area (Å²) in [6, 6.07) is 6.32. The van der Waals surface area contributed by atoms with Gasteiger partial charge in [0.2, 0.25) is 0 Å². The van der Waals surface area contributed by atoms with Crippen molar-refractivity contribution in [2.45, 2.75) is 6.92 Å².